The number of sulfonamides is 1. The van der Waals surface area contributed by atoms with Gasteiger partial charge in [0.2, 0.25) is 0 Å². The summed E-state index contributed by atoms with van der Waals surface area (Å²) in [5.74, 6) is -0.244. The molecular formula is C23H24N2O3S3. The summed E-state index contributed by atoms with van der Waals surface area (Å²) >= 11 is 3.11. The topological polar surface area (TPSA) is 66.5 Å². The van der Waals surface area contributed by atoms with Crippen LogP contribution in [0.15, 0.2) is 87.5 Å². The standard InChI is InChI=1S/C23H24N2O3S3/c1-4-25(31(27,28)20-15-13-19(29-2)14-16-20)18-11-9-17(10-12-18)23(26)24-21-7-5-6-8-22(21)30-3/h5-16H,4H2,1-3H3,(H,24,26). The molecule has 0 atom stereocenters. The van der Waals surface area contributed by atoms with Gasteiger partial charge in [-0.2, -0.15) is 0 Å². The fourth-order valence-electron chi connectivity index (χ4n) is 3.09. The zero-order valence-corrected chi connectivity index (χ0v) is 20.0. The highest BCUT2D eigenvalue weighted by Gasteiger charge is 2.23. The Morgan fingerprint density at radius 3 is 2.13 bits per heavy atom. The first-order chi connectivity index (χ1) is 14.9. The number of benzene rings is 3. The lowest BCUT2D eigenvalue weighted by atomic mass is 10.2. The lowest BCUT2D eigenvalue weighted by Gasteiger charge is -2.23. The highest BCUT2D eigenvalue weighted by molar-refractivity contribution is 7.99. The predicted molar refractivity (Wildman–Crippen MR) is 131 cm³/mol. The summed E-state index contributed by atoms with van der Waals surface area (Å²) in [6.45, 7) is 2.06. The van der Waals surface area contributed by atoms with E-state index in [4.69, 9.17) is 0 Å². The number of thioether (sulfide) groups is 2. The van der Waals surface area contributed by atoms with E-state index in [-0.39, 0.29) is 17.3 Å². The van der Waals surface area contributed by atoms with E-state index in [0.29, 0.717) is 11.3 Å². The molecule has 0 fully saturated rings. The van der Waals surface area contributed by atoms with Gasteiger partial charge in [-0.15, -0.1) is 23.5 Å². The molecule has 0 aliphatic heterocycles. The highest BCUT2D eigenvalue weighted by Crippen LogP contribution is 2.27. The maximum absolute atomic E-state index is 13.1. The van der Waals surface area contributed by atoms with Gasteiger partial charge in [-0.1, -0.05) is 12.1 Å². The summed E-state index contributed by atoms with van der Waals surface area (Å²) in [4.78, 5) is 14.9. The second-order valence-electron chi connectivity index (χ2n) is 6.55. The normalized spacial score (nSPS) is 11.2. The number of nitrogens with one attached hydrogen (secondary N) is 1. The van der Waals surface area contributed by atoms with Gasteiger partial charge in [0.05, 0.1) is 16.3 Å². The summed E-state index contributed by atoms with van der Waals surface area (Å²) in [5.41, 5.74) is 1.71. The van der Waals surface area contributed by atoms with Gasteiger partial charge < -0.3 is 5.32 Å². The summed E-state index contributed by atoms with van der Waals surface area (Å²) < 4.78 is 27.6. The van der Waals surface area contributed by atoms with Crippen LogP contribution in [-0.4, -0.2) is 33.4 Å². The van der Waals surface area contributed by atoms with Crippen LogP contribution in [0.1, 0.15) is 17.3 Å². The van der Waals surface area contributed by atoms with Crippen LogP contribution in [0.3, 0.4) is 0 Å². The number of nitrogens with zero attached hydrogens (tertiary/aromatic N) is 1. The van der Waals surface area contributed by atoms with Crippen molar-refractivity contribution in [3.05, 3.63) is 78.4 Å². The van der Waals surface area contributed by atoms with E-state index in [1.165, 1.54) is 4.31 Å². The van der Waals surface area contributed by atoms with E-state index < -0.39 is 10.0 Å². The number of rotatable bonds is 8. The first-order valence-corrected chi connectivity index (χ1v) is 13.5. The third-order valence-corrected chi connectivity index (χ3v) is 8.16. The Morgan fingerprint density at radius 2 is 1.55 bits per heavy atom. The highest BCUT2D eigenvalue weighted by atomic mass is 32.2. The molecule has 0 saturated heterocycles. The third-order valence-electron chi connectivity index (χ3n) is 4.71. The van der Waals surface area contributed by atoms with Crippen molar-refractivity contribution in [2.45, 2.75) is 21.6 Å². The largest absolute Gasteiger partial charge is 0.321 e. The Balaban J connectivity index is 1.82. The quantitative estimate of drug-likeness (QED) is 0.433. The molecule has 0 unspecified atom stereocenters. The van der Waals surface area contributed by atoms with Gasteiger partial charge in [-0.25, -0.2) is 8.42 Å². The van der Waals surface area contributed by atoms with E-state index in [2.05, 4.69) is 5.32 Å². The molecule has 31 heavy (non-hydrogen) atoms. The predicted octanol–water partition coefficient (Wildman–Crippen LogP) is 5.60. The van der Waals surface area contributed by atoms with Crippen LogP contribution in [0.5, 0.6) is 0 Å². The van der Waals surface area contributed by atoms with Crippen molar-refractivity contribution in [3.63, 3.8) is 0 Å². The second-order valence-corrected chi connectivity index (χ2v) is 10.1. The fourth-order valence-corrected chi connectivity index (χ4v) is 5.52. The molecule has 162 valence electrons. The first kappa shape index (κ1) is 23.2. The lowest BCUT2D eigenvalue weighted by molar-refractivity contribution is 0.102. The van der Waals surface area contributed by atoms with Crippen LogP contribution < -0.4 is 9.62 Å². The van der Waals surface area contributed by atoms with E-state index in [1.54, 1.807) is 79.0 Å². The summed E-state index contributed by atoms with van der Waals surface area (Å²) in [7, 11) is -3.70. The molecule has 0 aromatic heterocycles. The van der Waals surface area contributed by atoms with Crippen LogP contribution in [0.2, 0.25) is 0 Å². The maximum Gasteiger partial charge on any atom is 0.264 e. The average Bonchev–Trinajstić information content (AvgIpc) is 2.80. The lowest BCUT2D eigenvalue weighted by Crippen LogP contribution is -2.30. The molecule has 0 saturated carbocycles. The minimum Gasteiger partial charge on any atom is -0.321 e. The Hall–Kier alpha value is -2.42. The van der Waals surface area contributed by atoms with Gasteiger partial charge >= 0.3 is 0 Å². The van der Waals surface area contributed by atoms with Crippen LogP contribution in [0, 0.1) is 0 Å². The van der Waals surface area contributed by atoms with Gasteiger partial charge in [0.15, 0.2) is 0 Å². The van der Waals surface area contributed by atoms with Gasteiger partial charge in [-0.05, 0) is 80.1 Å². The smallest absolute Gasteiger partial charge is 0.264 e. The number of hydrogen-bond donors (Lipinski definition) is 1. The summed E-state index contributed by atoms with van der Waals surface area (Å²) in [6, 6.07) is 21.0. The molecule has 0 bridgehead atoms. The Labute approximate surface area is 192 Å². The van der Waals surface area contributed by atoms with Crippen molar-refractivity contribution in [2.75, 3.05) is 28.7 Å². The molecule has 0 aliphatic rings. The molecule has 0 radical (unpaired) electrons. The number of amides is 1. The number of carbonyl (C=O) groups is 1. The monoisotopic (exact) mass is 472 g/mol. The van der Waals surface area contributed by atoms with Crippen LogP contribution in [0.25, 0.3) is 0 Å². The van der Waals surface area contributed by atoms with Crippen LogP contribution >= 0.6 is 23.5 Å². The maximum atomic E-state index is 13.1. The van der Waals surface area contributed by atoms with Crippen molar-refractivity contribution >= 4 is 50.8 Å². The molecule has 3 aromatic carbocycles. The second kappa shape index (κ2) is 10.3. The molecular weight excluding hydrogens is 448 g/mol. The number of anilines is 2. The first-order valence-electron chi connectivity index (χ1n) is 9.62. The molecule has 8 heteroatoms. The van der Waals surface area contributed by atoms with Crippen molar-refractivity contribution in [1.82, 2.24) is 0 Å². The molecule has 3 aromatic rings. The van der Waals surface area contributed by atoms with E-state index in [0.717, 1.165) is 15.5 Å². The third kappa shape index (κ3) is 5.26. The molecule has 0 spiro atoms. The zero-order valence-electron chi connectivity index (χ0n) is 17.5. The van der Waals surface area contributed by atoms with Gasteiger partial charge in [0, 0.05) is 21.9 Å². The Morgan fingerprint density at radius 1 is 0.903 bits per heavy atom. The van der Waals surface area contributed by atoms with Crippen LogP contribution in [0.4, 0.5) is 11.4 Å². The number of para-hydroxylation sites is 1. The molecule has 0 heterocycles. The summed E-state index contributed by atoms with van der Waals surface area (Å²) in [6.07, 6.45) is 3.90. The van der Waals surface area contributed by atoms with Gasteiger partial charge in [0.1, 0.15) is 0 Å². The summed E-state index contributed by atoms with van der Waals surface area (Å²) in [5, 5.41) is 2.91. The molecule has 3 rings (SSSR count). The fraction of sp³-hybridized carbons (Fsp3) is 0.174. The van der Waals surface area contributed by atoms with Gasteiger partial charge in [-0.3, -0.25) is 9.10 Å². The van der Waals surface area contributed by atoms with E-state index >= 15 is 0 Å². The van der Waals surface area contributed by atoms with E-state index in [9.17, 15) is 13.2 Å². The Kier molecular flexibility index (Phi) is 7.69. The average molecular weight is 473 g/mol. The van der Waals surface area contributed by atoms with Crippen molar-refractivity contribution in [2.24, 2.45) is 0 Å². The molecule has 1 N–H and O–H groups in total. The van der Waals surface area contributed by atoms with Crippen LogP contribution in [-0.2, 0) is 10.0 Å². The minimum atomic E-state index is -3.70. The van der Waals surface area contributed by atoms with Crippen molar-refractivity contribution in [1.29, 1.82) is 0 Å². The molecule has 1 amide bonds. The van der Waals surface area contributed by atoms with Gasteiger partial charge in [0.25, 0.3) is 15.9 Å². The number of hydrogen-bond acceptors (Lipinski definition) is 5. The zero-order chi connectivity index (χ0) is 22.4. The molecule has 0 aliphatic carbocycles. The minimum absolute atomic E-state index is 0.239. The number of carbonyl (C=O) groups excluding carboxylic acids is 1. The van der Waals surface area contributed by atoms with E-state index in [1.807, 2.05) is 36.8 Å². The molecule has 5 nitrogen and oxygen atoms in total. The van der Waals surface area contributed by atoms with Crippen molar-refractivity contribution < 1.29 is 13.2 Å². The van der Waals surface area contributed by atoms with Crippen molar-refractivity contribution in [3.8, 4) is 0 Å². The Bertz CT molecular complexity index is 1150. The SMILES string of the molecule is CCN(c1ccc(C(=O)Nc2ccccc2SC)cc1)S(=O)(=O)c1ccc(SC)cc1.